The number of hydrogen-bond acceptors (Lipinski definition) is 3. The first-order valence-electron chi connectivity index (χ1n) is 4.69. The smallest absolute Gasteiger partial charge is 0.147 e. The molecule has 6 heteroatoms. The van der Waals surface area contributed by atoms with Crippen molar-refractivity contribution in [1.29, 1.82) is 0 Å². The molecule has 1 heterocycles. The van der Waals surface area contributed by atoms with E-state index < -0.39 is 0 Å². The van der Waals surface area contributed by atoms with Crippen LogP contribution in [0.3, 0.4) is 0 Å². The highest BCUT2D eigenvalue weighted by atomic mass is 79.9. The van der Waals surface area contributed by atoms with Crippen LogP contribution in [0.15, 0.2) is 35.1 Å². The Morgan fingerprint density at radius 3 is 2.71 bits per heavy atom. The standard InChI is InChI=1S/C11H7BrCl2N2O/c12-7-1-2-9(13)10(3-7)17-6-8-4-16-11(14)5-15-8/h1-5H,6H2. The monoisotopic (exact) mass is 332 g/mol. The lowest BCUT2D eigenvalue weighted by Crippen LogP contribution is -1.99. The van der Waals surface area contributed by atoms with E-state index in [1.54, 1.807) is 18.3 Å². The molecule has 0 atom stereocenters. The minimum Gasteiger partial charge on any atom is -0.486 e. The number of hydrogen-bond donors (Lipinski definition) is 0. The molecule has 0 aliphatic rings. The van der Waals surface area contributed by atoms with Gasteiger partial charge in [-0.3, -0.25) is 4.98 Å². The van der Waals surface area contributed by atoms with Gasteiger partial charge in [0.05, 0.1) is 23.1 Å². The summed E-state index contributed by atoms with van der Waals surface area (Å²) in [6.45, 7) is 0.292. The van der Waals surface area contributed by atoms with Gasteiger partial charge in [0.25, 0.3) is 0 Å². The minimum atomic E-state index is 0.292. The fourth-order valence-corrected chi connectivity index (χ4v) is 1.76. The third-order valence-corrected chi connectivity index (χ3v) is 2.94. The molecule has 0 saturated heterocycles. The fourth-order valence-electron chi connectivity index (χ4n) is 1.15. The average molecular weight is 334 g/mol. The number of benzene rings is 1. The van der Waals surface area contributed by atoms with E-state index in [0.29, 0.717) is 28.2 Å². The van der Waals surface area contributed by atoms with Gasteiger partial charge in [-0.25, -0.2) is 4.98 Å². The molecule has 17 heavy (non-hydrogen) atoms. The van der Waals surface area contributed by atoms with Crippen LogP contribution in [0.4, 0.5) is 0 Å². The van der Waals surface area contributed by atoms with Gasteiger partial charge in [0.1, 0.15) is 17.5 Å². The van der Waals surface area contributed by atoms with Gasteiger partial charge in [-0.05, 0) is 18.2 Å². The van der Waals surface area contributed by atoms with Crippen molar-refractivity contribution in [2.45, 2.75) is 6.61 Å². The lowest BCUT2D eigenvalue weighted by atomic mass is 10.3. The molecule has 1 aromatic heterocycles. The van der Waals surface area contributed by atoms with Crippen LogP contribution in [-0.2, 0) is 6.61 Å². The summed E-state index contributed by atoms with van der Waals surface area (Å²) in [7, 11) is 0. The molecule has 0 amide bonds. The lowest BCUT2D eigenvalue weighted by molar-refractivity contribution is 0.301. The van der Waals surface area contributed by atoms with Crippen LogP contribution in [0, 0.1) is 0 Å². The summed E-state index contributed by atoms with van der Waals surface area (Å²) in [6, 6.07) is 5.40. The molecule has 1 aromatic carbocycles. The molecule has 0 radical (unpaired) electrons. The second kappa shape index (κ2) is 5.67. The normalized spacial score (nSPS) is 10.3. The Morgan fingerprint density at radius 2 is 2.00 bits per heavy atom. The Morgan fingerprint density at radius 1 is 1.18 bits per heavy atom. The summed E-state index contributed by atoms with van der Waals surface area (Å²) in [5.74, 6) is 0.595. The largest absolute Gasteiger partial charge is 0.486 e. The van der Waals surface area contributed by atoms with Gasteiger partial charge < -0.3 is 4.74 Å². The van der Waals surface area contributed by atoms with Crippen molar-refractivity contribution >= 4 is 39.1 Å². The summed E-state index contributed by atoms with van der Waals surface area (Å²) >= 11 is 15.0. The third kappa shape index (κ3) is 3.56. The van der Waals surface area contributed by atoms with E-state index in [-0.39, 0.29) is 0 Å². The first kappa shape index (κ1) is 12.6. The zero-order chi connectivity index (χ0) is 12.3. The topological polar surface area (TPSA) is 35.0 Å². The lowest BCUT2D eigenvalue weighted by Gasteiger charge is -2.07. The van der Waals surface area contributed by atoms with Gasteiger partial charge in [-0.1, -0.05) is 39.1 Å². The maximum absolute atomic E-state index is 5.98. The molecule has 0 aliphatic heterocycles. The molecular formula is C11H7BrCl2N2O. The van der Waals surface area contributed by atoms with E-state index in [4.69, 9.17) is 27.9 Å². The summed E-state index contributed by atoms with van der Waals surface area (Å²) < 4.78 is 6.44. The highest BCUT2D eigenvalue weighted by Gasteiger charge is 2.03. The predicted molar refractivity (Wildman–Crippen MR) is 70.5 cm³/mol. The summed E-state index contributed by atoms with van der Waals surface area (Å²) in [5, 5.41) is 0.907. The van der Waals surface area contributed by atoms with E-state index in [1.807, 2.05) is 6.07 Å². The van der Waals surface area contributed by atoms with Crippen molar-refractivity contribution < 1.29 is 4.74 Å². The van der Waals surface area contributed by atoms with Crippen LogP contribution in [0.5, 0.6) is 5.75 Å². The van der Waals surface area contributed by atoms with Crippen LogP contribution in [-0.4, -0.2) is 9.97 Å². The molecule has 2 aromatic rings. The van der Waals surface area contributed by atoms with Gasteiger partial charge >= 0.3 is 0 Å². The molecule has 0 spiro atoms. The maximum Gasteiger partial charge on any atom is 0.147 e. The van der Waals surface area contributed by atoms with Crippen molar-refractivity contribution in [2.24, 2.45) is 0 Å². The number of aromatic nitrogens is 2. The van der Waals surface area contributed by atoms with Crippen LogP contribution < -0.4 is 4.74 Å². The number of halogens is 3. The minimum absolute atomic E-state index is 0.292. The van der Waals surface area contributed by atoms with Crippen LogP contribution in [0.2, 0.25) is 10.2 Å². The highest BCUT2D eigenvalue weighted by Crippen LogP contribution is 2.28. The summed E-state index contributed by atoms with van der Waals surface area (Å²) in [4.78, 5) is 7.98. The van der Waals surface area contributed by atoms with E-state index in [1.165, 1.54) is 6.20 Å². The third-order valence-electron chi connectivity index (χ3n) is 1.94. The Labute approximate surface area is 117 Å². The van der Waals surface area contributed by atoms with E-state index in [9.17, 15) is 0 Å². The second-order valence-electron chi connectivity index (χ2n) is 3.19. The fraction of sp³-hybridized carbons (Fsp3) is 0.0909. The Bertz CT molecular complexity index is 519. The van der Waals surface area contributed by atoms with Crippen molar-refractivity contribution in [1.82, 2.24) is 9.97 Å². The first-order chi connectivity index (χ1) is 8.15. The predicted octanol–water partition coefficient (Wildman–Crippen LogP) is 4.12. The molecule has 0 saturated carbocycles. The molecule has 2 rings (SSSR count). The Hall–Kier alpha value is -0.840. The molecule has 3 nitrogen and oxygen atoms in total. The van der Waals surface area contributed by atoms with Crippen molar-refractivity contribution in [3.05, 3.63) is 50.9 Å². The van der Waals surface area contributed by atoms with Crippen LogP contribution >= 0.6 is 39.1 Å². The molecule has 0 aliphatic carbocycles. The van der Waals surface area contributed by atoms with Gasteiger partial charge in [0.2, 0.25) is 0 Å². The number of ether oxygens (including phenoxy) is 1. The van der Waals surface area contributed by atoms with Gasteiger partial charge in [0.15, 0.2) is 0 Å². The Balaban J connectivity index is 2.07. The van der Waals surface area contributed by atoms with Gasteiger partial charge in [-0.15, -0.1) is 0 Å². The zero-order valence-corrected chi connectivity index (χ0v) is 11.6. The quantitative estimate of drug-likeness (QED) is 0.847. The molecule has 0 fully saturated rings. The molecule has 0 bridgehead atoms. The molecule has 88 valence electrons. The highest BCUT2D eigenvalue weighted by molar-refractivity contribution is 9.10. The van der Waals surface area contributed by atoms with Crippen LogP contribution in [0.1, 0.15) is 5.69 Å². The van der Waals surface area contributed by atoms with Gasteiger partial charge in [0, 0.05) is 4.47 Å². The Kier molecular flexibility index (Phi) is 4.20. The van der Waals surface area contributed by atoms with Gasteiger partial charge in [-0.2, -0.15) is 0 Å². The SMILES string of the molecule is Clc1cnc(COc2cc(Br)ccc2Cl)cn1. The zero-order valence-electron chi connectivity index (χ0n) is 8.53. The molecular weight excluding hydrogens is 327 g/mol. The number of rotatable bonds is 3. The molecule has 0 unspecified atom stereocenters. The molecule has 0 N–H and O–H groups in total. The van der Waals surface area contributed by atoms with E-state index in [0.717, 1.165) is 4.47 Å². The van der Waals surface area contributed by atoms with E-state index in [2.05, 4.69) is 25.9 Å². The van der Waals surface area contributed by atoms with Crippen molar-refractivity contribution in [2.75, 3.05) is 0 Å². The first-order valence-corrected chi connectivity index (χ1v) is 6.24. The van der Waals surface area contributed by atoms with E-state index >= 15 is 0 Å². The summed E-state index contributed by atoms with van der Waals surface area (Å²) in [5.41, 5.74) is 0.686. The number of nitrogens with zero attached hydrogens (tertiary/aromatic N) is 2. The second-order valence-corrected chi connectivity index (χ2v) is 4.90. The van der Waals surface area contributed by atoms with Crippen LogP contribution in [0.25, 0.3) is 0 Å². The van der Waals surface area contributed by atoms with Crippen molar-refractivity contribution in [3.63, 3.8) is 0 Å². The maximum atomic E-state index is 5.98. The average Bonchev–Trinajstić information content (AvgIpc) is 2.32. The summed E-state index contributed by atoms with van der Waals surface area (Å²) in [6.07, 6.45) is 3.04. The van der Waals surface area contributed by atoms with Crippen molar-refractivity contribution in [3.8, 4) is 5.75 Å².